The van der Waals surface area contributed by atoms with Crippen molar-refractivity contribution in [2.24, 2.45) is 0 Å². The van der Waals surface area contributed by atoms with Crippen molar-refractivity contribution >= 4 is 34.1 Å². The van der Waals surface area contributed by atoms with Gasteiger partial charge in [-0.25, -0.2) is 0 Å². The van der Waals surface area contributed by atoms with Gasteiger partial charge in [0.15, 0.2) is 4.34 Å². The van der Waals surface area contributed by atoms with Crippen LogP contribution < -0.4 is 5.32 Å². The Kier molecular flexibility index (Phi) is 6.28. The predicted octanol–water partition coefficient (Wildman–Crippen LogP) is 4.85. The molecule has 7 heteroatoms. The number of carbonyl (C=O) groups is 1. The van der Waals surface area contributed by atoms with Gasteiger partial charge < -0.3 is 0 Å². The minimum atomic E-state index is -0.152. The molecule has 0 radical (unpaired) electrons. The van der Waals surface area contributed by atoms with Crippen molar-refractivity contribution in [3.8, 4) is 0 Å². The number of thioether (sulfide) groups is 1. The summed E-state index contributed by atoms with van der Waals surface area (Å²) in [5, 5.41) is 12.0. The molecule has 0 saturated carbocycles. The molecule has 2 aromatic carbocycles. The summed E-state index contributed by atoms with van der Waals surface area (Å²) in [7, 11) is 0. The van der Waals surface area contributed by atoms with Gasteiger partial charge in [0.1, 0.15) is 0 Å². The van der Waals surface area contributed by atoms with Crippen LogP contribution in [0.15, 0.2) is 52.9 Å². The fourth-order valence-corrected chi connectivity index (χ4v) is 5.36. The zero-order valence-electron chi connectivity index (χ0n) is 16.6. The molecule has 1 aliphatic heterocycles. The highest BCUT2D eigenvalue weighted by atomic mass is 32.2. The Bertz CT molecular complexity index is 984. The molecule has 1 aromatic heterocycles. The predicted molar refractivity (Wildman–Crippen MR) is 120 cm³/mol. The molecule has 2 heterocycles. The first-order valence-corrected chi connectivity index (χ1v) is 11.5. The summed E-state index contributed by atoms with van der Waals surface area (Å²) in [5.41, 5.74) is 4.72. The number of fused-ring (bicyclic) bond motifs is 1. The van der Waals surface area contributed by atoms with Crippen LogP contribution in [0.1, 0.15) is 40.9 Å². The number of amides is 1. The molecule has 0 saturated heterocycles. The minimum absolute atomic E-state index is 0.152. The molecule has 0 spiro atoms. The van der Waals surface area contributed by atoms with Crippen LogP contribution in [0.25, 0.3) is 0 Å². The van der Waals surface area contributed by atoms with Gasteiger partial charge in [0, 0.05) is 30.4 Å². The van der Waals surface area contributed by atoms with Crippen molar-refractivity contribution in [3.63, 3.8) is 0 Å². The highest BCUT2D eigenvalue weighted by Crippen LogP contribution is 2.28. The molecule has 4 rings (SSSR count). The van der Waals surface area contributed by atoms with E-state index in [9.17, 15) is 4.79 Å². The van der Waals surface area contributed by atoms with Gasteiger partial charge in [-0.2, -0.15) is 0 Å². The number of carbonyl (C=O) groups excluding carboxylic acids is 1. The zero-order chi connectivity index (χ0) is 20.2. The van der Waals surface area contributed by atoms with Crippen molar-refractivity contribution in [1.82, 2.24) is 15.1 Å². The Morgan fingerprint density at radius 1 is 1.14 bits per heavy atom. The van der Waals surface area contributed by atoms with Gasteiger partial charge in [0.2, 0.25) is 5.13 Å². The van der Waals surface area contributed by atoms with Crippen molar-refractivity contribution < 1.29 is 4.79 Å². The molecule has 5 nitrogen and oxygen atoms in total. The zero-order valence-corrected chi connectivity index (χ0v) is 18.2. The fraction of sp³-hybridized carbons (Fsp3) is 0.318. The molecular formula is C22H24N4OS2. The first-order valence-electron chi connectivity index (χ1n) is 9.76. The largest absolute Gasteiger partial charge is 0.296 e. The van der Waals surface area contributed by atoms with Crippen molar-refractivity contribution in [2.45, 2.75) is 42.9 Å². The number of anilines is 1. The minimum Gasteiger partial charge on any atom is -0.296 e. The SMILES string of the molecule is CC(C)Sc1nnc(NC(=O)c2ccc(CN3CCc4ccccc4C3)cc2)s1. The maximum atomic E-state index is 12.5. The van der Waals surface area contributed by atoms with Crippen LogP contribution in [0.5, 0.6) is 0 Å². The summed E-state index contributed by atoms with van der Waals surface area (Å²) in [5.74, 6) is -0.152. The standard InChI is InChI=1S/C22H24N4OS2/c1-15(2)28-22-25-24-21(29-22)23-20(27)18-9-7-16(8-10-18)13-26-12-11-17-5-3-4-6-19(17)14-26/h3-10,15H,11-14H2,1-2H3,(H,23,24,27). The van der Waals surface area contributed by atoms with Crippen LogP contribution in [0, 0.1) is 0 Å². The Morgan fingerprint density at radius 2 is 1.90 bits per heavy atom. The maximum Gasteiger partial charge on any atom is 0.257 e. The maximum absolute atomic E-state index is 12.5. The van der Waals surface area contributed by atoms with Crippen LogP contribution in [0.4, 0.5) is 5.13 Å². The van der Waals surface area contributed by atoms with Gasteiger partial charge >= 0.3 is 0 Å². The summed E-state index contributed by atoms with van der Waals surface area (Å²) in [6, 6.07) is 16.5. The van der Waals surface area contributed by atoms with E-state index in [-0.39, 0.29) is 5.91 Å². The molecule has 1 N–H and O–H groups in total. The quantitative estimate of drug-likeness (QED) is 0.453. The number of hydrogen-bond acceptors (Lipinski definition) is 6. The average molecular weight is 425 g/mol. The van der Waals surface area contributed by atoms with E-state index in [1.54, 1.807) is 11.8 Å². The second kappa shape index (κ2) is 9.07. The molecule has 3 aromatic rings. The Labute approximate surface area is 179 Å². The number of aromatic nitrogens is 2. The highest BCUT2D eigenvalue weighted by Gasteiger charge is 2.16. The third kappa shape index (κ3) is 5.23. The number of rotatable bonds is 6. The highest BCUT2D eigenvalue weighted by molar-refractivity contribution is 8.01. The van der Waals surface area contributed by atoms with Gasteiger partial charge in [0.25, 0.3) is 5.91 Å². The normalized spacial score (nSPS) is 14.0. The Hall–Kier alpha value is -2.22. The van der Waals surface area contributed by atoms with E-state index in [0.29, 0.717) is 15.9 Å². The van der Waals surface area contributed by atoms with Crippen LogP contribution in [-0.4, -0.2) is 32.8 Å². The third-order valence-electron chi connectivity index (χ3n) is 4.80. The topological polar surface area (TPSA) is 58.1 Å². The number of benzene rings is 2. The smallest absolute Gasteiger partial charge is 0.257 e. The summed E-state index contributed by atoms with van der Waals surface area (Å²) < 4.78 is 0.869. The van der Waals surface area contributed by atoms with Gasteiger partial charge in [-0.3, -0.25) is 15.0 Å². The van der Waals surface area contributed by atoms with Crippen LogP contribution in [-0.2, 0) is 19.5 Å². The van der Waals surface area contributed by atoms with Crippen LogP contribution in [0.3, 0.4) is 0 Å². The lowest BCUT2D eigenvalue weighted by molar-refractivity contribution is 0.102. The average Bonchev–Trinajstić information content (AvgIpc) is 3.14. The molecule has 0 atom stereocenters. The number of nitrogens with one attached hydrogen (secondary N) is 1. The van der Waals surface area contributed by atoms with Gasteiger partial charge in [-0.1, -0.05) is 73.3 Å². The summed E-state index contributed by atoms with van der Waals surface area (Å²) in [6.45, 7) is 7.14. The molecule has 150 valence electrons. The van der Waals surface area contributed by atoms with E-state index in [2.05, 4.69) is 58.5 Å². The number of nitrogens with zero attached hydrogens (tertiary/aromatic N) is 3. The van der Waals surface area contributed by atoms with E-state index in [0.717, 1.165) is 30.4 Å². The molecule has 0 bridgehead atoms. The van der Waals surface area contributed by atoms with Gasteiger partial charge in [0.05, 0.1) is 0 Å². The summed E-state index contributed by atoms with van der Waals surface area (Å²) in [4.78, 5) is 14.9. The van der Waals surface area contributed by atoms with Gasteiger partial charge in [-0.05, 0) is 35.2 Å². The monoisotopic (exact) mass is 424 g/mol. The molecule has 1 aliphatic rings. The van der Waals surface area contributed by atoms with Crippen molar-refractivity contribution in [3.05, 3.63) is 70.8 Å². The molecule has 0 aliphatic carbocycles. The summed E-state index contributed by atoms with van der Waals surface area (Å²) in [6.07, 6.45) is 1.09. The van der Waals surface area contributed by atoms with Crippen LogP contribution in [0.2, 0.25) is 0 Å². The second-order valence-electron chi connectivity index (χ2n) is 7.42. The van der Waals surface area contributed by atoms with Crippen molar-refractivity contribution in [1.29, 1.82) is 0 Å². The number of hydrogen-bond donors (Lipinski definition) is 1. The summed E-state index contributed by atoms with van der Waals surface area (Å²) >= 11 is 3.05. The van der Waals surface area contributed by atoms with E-state index >= 15 is 0 Å². The lowest BCUT2D eigenvalue weighted by Crippen LogP contribution is -2.29. The molecular weight excluding hydrogens is 400 g/mol. The Morgan fingerprint density at radius 3 is 2.66 bits per heavy atom. The first kappa shape index (κ1) is 20.1. The molecule has 29 heavy (non-hydrogen) atoms. The van der Waals surface area contributed by atoms with Gasteiger partial charge in [-0.15, -0.1) is 10.2 Å². The molecule has 0 fully saturated rings. The fourth-order valence-electron chi connectivity index (χ4n) is 3.39. The van der Waals surface area contributed by atoms with E-state index < -0.39 is 0 Å². The first-order chi connectivity index (χ1) is 14.1. The second-order valence-corrected chi connectivity index (χ2v) is 10.2. The van der Waals surface area contributed by atoms with Crippen molar-refractivity contribution in [2.75, 3.05) is 11.9 Å². The van der Waals surface area contributed by atoms with E-state index in [1.807, 2.05) is 24.3 Å². The van der Waals surface area contributed by atoms with E-state index in [4.69, 9.17) is 0 Å². The Balaban J connectivity index is 1.34. The van der Waals surface area contributed by atoms with E-state index in [1.165, 1.54) is 28.0 Å². The van der Waals surface area contributed by atoms with Crippen LogP contribution >= 0.6 is 23.1 Å². The lowest BCUT2D eigenvalue weighted by atomic mass is 9.99. The molecule has 1 amide bonds. The molecule has 0 unspecified atom stereocenters. The third-order valence-corrected chi connectivity index (χ3v) is 6.72. The lowest BCUT2D eigenvalue weighted by Gasteiger charge is -2.28.